The van der Waals surface area contributed by atoms with Gasteiger partial charge in [-0.15, -0.1) is 6.58 Å². The second-order valence-corrected chi connectivity index (χ2v) is 5.76. The second-order valence-electron chi connectivity index (χ2n) is 5.76. The summed E-state index contributed by atoms with van der Waals surface area (Å²) in [7, 11) is 0. The minimum atomic E-state index is -0.852. The van der Waals surface area contributed by atoms with Gasteiger partial charge in [0.25, 0.3) is 5.91 Å². The van der Waals surface area contributed by atoms with Gasteiger partial charge in [-0.25, -0.2) is 0 Å². The summed E-state index contributed by atoms with van der Waals surface area (Å²) in [6.45, 7) is 6.49. The first-order valence-electron chi connectivity index (χ1n) is 8.84. The van der Waals surface area contributed by atoms with E-state index in [2.05, 4.69) is 22.5 Å². The molecule has 0 unspecified atom stereocenters. The second kappa shape index (κ2) is 10.5. The normalized spacial score (nSPS) is 9.89. The Hall–Kier alpha value is -3.61. The molecule has 0 heterocycles. The number of rotatable bonds is 8. The van der Waals surface area contributed by atoms with Crippen molar-refractivity contribution in [1.82, 2.24) is 10.6 Å². The quantitative estimate of drug-likeness (QED) is 0.483. The fourth-order valence-corrected chi connectivity index (χ4v) is 2.36. The Morgan fingerprint density at radius 3 is 2.39 bits per heavy atom. The molecule has 146 valence electrons. The van der Waals surface area contributed by atoms with Crippen LogP contribution < -0.4 is 20.7 Å². The van der Waals surface area contributed by atoms with Crippen LogP contribution in [0.3, 0.4) is 0 Å². The molecule has 0 aromatic heterocycles. The molecule has 0 spiro atoms. The molecule has 7 nitrogen and oxygen atoms in total. The maximum Gasteiger partial charge on any atom is 0.313 e. The highest BCUT2D eigenvalue weighted by atomic mass is 16.5. The van der Waals surface area contributed by atoms with Crippen LogP contribution in [0.15, 0.2) is 61.2 Å². The molecule has 2 rings (SSSR count). The summed E-state index contributed by atoms with van der Waals surface area (Å²) in [5.41, 5.74) is 1.34. The van der Waals surface area contributed by atoms with E-state index < -0.39 is 11.8 Å². The smallest absolute Gasteiger partial charge is 0.313 e. The molecule has 7 heteroatoms. The lowest BCUT2D eigenvalue weighted by Gasteiger charge is -2.11. The first-order chi connectivity index (χ1) is 13.5. The number of nitrogens with one attached hydrogen (secondary N) is 3. The van der Waals surface area contributed by atoms with Crippen molar-refractivity contribution >= 4 is 23.4 Å². The third kappa shape index (κ3) is 5.98. The summed E-state index contributed by atoms with van der Waals surface area (Å²) in [4.78, 5) is 36.4. The summed E-state index contributed by atoms with van der Waals surface area (Å²) >= 11 is 0. The Bertz CT molecular complexity index is 847. The van der Waals surface area contributed by atoms with Crippen molar-refractivity contribution < 1.29 is 19.1 Å². The lowest BCUT2D eigenvalue weighted by molar-refractivity contribution is -0.136. The predicted octanol–water partition coefficient (Wildman–Crippen LogP) is 2.26. The number of anilines is 1. The zero-order chi connectivity index (χ0) is 20.4. The van der Waals surface area contributed by atoms with Crippen molar-refractivity contribution in [3.63, 3.8) is 0 Å². The molecule has 0 fully saturated rings. The standard InChI is InChI=1S/C21H23N3O4/c1-3-13-22-19(25)17-7-5-6-8-18(17)24-21(27)20(26)23-14-15-9-11-16(12-10-15)28-4-2/h3,5-12H,1,4,13-14H2,2H3,(H,22,25)(H,23,26)(H,24,27). The van der Waals surface area contributed by atoms with Gasteiger partial charge < -0.3 is 20.7 Å². The molecule has 0 radical (unpaired) electrons. The van der Waals surface area contributed by atoms with Gasteiger partial charge in [-0.05, 0) is 36.8 Å². The third-order valence-corrected chi connectivity index (χ3v) is 3.72. The summed E-state index contributed by atoms with van der Waals surface area (Å²) < 4.78 is 5.36. The Balaban J connectivity index is 1.94. The highest BCUT2D eigenvalue weighted by molar-refractivity contribution is 6.40. The minimum absolute atomic E-state index is 0.195. The molecule has 0 atom stereocenters. The van der Waals surface area contributed by atoms with Gasteiger partial charge in [0.2, 0.25) is 0 Å². The number of hydrogen-bond acceptors (Lipinski definition) is 4. The van der Waals surface area contributed by atoms with E-state index >= 15 is 0 Å². The van der Waals surface area contributed by atoms with E-state index in [9.17, 15) is 14.4 Å². The third-order valence-electron chi connectivity index (χ3n) is 3.72. The Kier molecular flexibility index (Phi) is 7.77. The van der Waals surface area contributed by atoms with Gasteiger partial charge >= 0.3 is 11.8 Å². The van der Waals surface area contributed by atoms with Crippen molar-refractivity contribution in [3.05, 3.63) is 72.3 Å². The van der Waals surface area contributed by atoms with Crippen molar-refractivity contribution in [2.75, 3.05) is 18.5 Å². The van der Waals surface area contributed by atoms with Gasteiger partial charge in [-0.2, -0.15) is 0 Å². The number of carbonyl (C=O) groups excluding carboxylic acids is 3. The molecule has 28 heavy (non-hydrogen) atoms. The molecule has 0 aliphatic heterocycles. The maximum absolute atomic E-state index is 12.2. The number of amides is 3. The largest absolute Gasteiger partial charge is 0.494 e. The topological polar surface area (TPSA) is 96.5 Å². The summed E-state index contributed by atoms with van der Waals surface area (Å²) in [6.07, 6.45) is 1.55. The highest BCUT2D eigenvalue weighted by Gasteiger charge is 2.17. The lowest BCUT2D eigenvalue weighted by Crippen LogP contribution is -2.35. The van der Waals surface area contributed by atoms with Gasteiger partial charge in [-0.1, -0.05) is 30.3 Å². The zero-order valence-corrected chi connectivity index (χ0v) is 15.7. The molecule has 0 aliphatic carbocycles. The Labute approximate surface area is 163 Å². The van der Waals surface area contributed by atoms with E-state index in [-0.39, 0.29) is 23.7 Å². The van der Waals surface area contributed by atoms with Crippen LogP contribution in [-0.2, 0) is 16.1 Å². The van der Waals surface area contributed by atoms with Crippen LogP contribution in [0, 0.1) is 0 Å². The van der Waals surface area contributed by atoms with E-state index in [1.54, 1.807) is 42.5 Å². The average Bonchev–Trinajstić information content (AvgIpc) is 2.71. The van der Waals surface area contributed by atoms with Gasteiger partial charge in [0.1, 0.15) is 5.75 Å². The number of benzene rings is 2. The Morgan fingerprint density at radius 2 is 1.71 bits per heavy atom. The molecule has 0 aliphatic rings. The van der Waals surface area contributed by atoms with Crippen molar-refractivity contribution in [3.8, 4) is 5.75 Å². The van der Waals surface area contributed by atoms with Crippen LogP contribution in [0.2, 0.25) is 0 Å². The van der Waals surface area contributed by atoms with Crippen LogP contribution in [0.25, 0.3) is 0 Å². The molecule has 2 aromatic carbocycles. The molecule has 2 aromatic rings. The van der Waals surface area contributed by atoms with Crippen molar-refractivity contribution in [1.29, 1.82) is 0 Å². The molecule has 0 saturated heterocycles. The minimum Gasteiger partial charge on any atom is -0.494 e. The maximum atomic E-state index is 12.2. The van der Waals surface area contributed by atoms with Gasteiger partial charge in [-0.3, -0.25) is 14.4 Å². The highest BCUT2D eigenvalue weighted by Crippen LogP contribution is 2.15. The van der Waals surface area contributed by atoms with Gasteiger partial charge in [0.05, 0.1) is 17.9 Å². The fourth-order valence-electron chi connectivity index (χ4n) is 2.36. The van der Waals surface area contributed by atoms with E-state index in [4.69, 9.17) is 4.74 Å². The summed E-state index contributed by atoms with van der Waals surface area (Å²) in [5, 5.41) is 7.65. The van der Waals surface area contributed by atoms with Crippen LogP contribution in [0.4, 0.5) is 5.69 Å². The molecule has 3 amide bonds. The van der Waals surface area contributed by atoms with Crippen molar-refractivity contribution in [2.45, 2.75) is 13.5 Å². The molecular weight excluding hydrogens is 358 g/mol. The first kappa shape index (κ1) is 20.7. The fraction of sp³-hybridized carbons (Fsp3) is 0.190. The molecule has 0 bridgehead atoms. The van der Waals surface area contributed by atoms with Crippen molar-refractivity contribution in [2.24, 2.45) is 0 Å². The number of carbonyl (C=O) groups is 3. The van der Waals surface area contributed by atoms with E-state index in [0.717, 1.165) is 11.3 Å². The molecular formula is C21H23N3O4. The van der Waals surface area contributed by atoms with Gasteiger partial charge in [0, 0.05) is 13.1 Å². The Morgan fingerprint density at radius 1 is 1.00 bits per heavy atom. The average molecular weight is 381 g/mol. The van der Waals surface area contributed by atoms with E-state index in [1.165, 1.54) is 0 Å². The number of para-hydroxylation sites is 1. The first-order valence-corrected chi connectivity index (χ1v) is 8.84. The summed E-state index contributed by atoms with van der Waals surface area (Å²) in [5.74, 6) is -1.28. The molecule has 3 N–H and O–H groups in total. The zero-order valence-electron chi connectivity index (χ0n) is 15.7. The van der Waals surface area contributed by atoms with Crippen LogP contribution in [-0.4, -0.2) is 30.9 Å². The monoisotopic (exact) mass is 381 g/mol. The SMILES string of the molecule is C=CCNC(=O)c1ccccc1NC(=O)C(=O)NCc1ccc(OCC)cc1. The van der Waals surface area contributed by atoms with Gasteiger partial charge in [0.15, 0.2) is 0 Å². The predicted molar refractivity (Wildman–Crippen MR) is 107 cm³/mol. The summed E-state index contributed by atoms with van der Waals surface area (Å²) in [6, 6.07) is 13.7. The van der Waals surface area contributed by atoms with E-state index in [0.29, 0.717) is 13.2 Å². The van der Waals surface area contributed by atoms with E-state index in [1.807, 2.05) is 19.1 Å². The van der Waals surface area contributed by atoms with Crippen LogP contribution in [0.5, 0.6) is 5.75 Å². The molecule has 0 saturated carbocycles. The number of hydrogen-bond donors (Lipinski definition) is 3. The van der Waals surface area contributed by atoms with Crippen LogP contribution in [0.1, 0.15) is 22.8 Å². The number of ether oxygens (including phenoxy) is 1. The van der Waals surface area contributed by atoms with Crippen LogP contribution >= 0.6 is 0 Å². The lowest BCUT2D eigenvalue weighted by atomic mass is 10.1.